The lowest BCUT2D eigenvalue weighted by molar-refractivity contribution is 0.669. The largest absolute Gasteiger partial charge is 0.456 e. The van der Waals surface area contributed by atoms with Crippen molar-refractivity contribution in [1.29, 1.82) is 0 Å². The SMILES string of the molecule is Cc1ccc2c(c1)c1cc3ccc4oc5ccccc5c4c3cc1n2-c1ccccc1. The molecule has 0 spiro atoms. The highest BCUT2D eigenvalue weighted by molar-refractivity contribution is 6.23. The van der Waals surface area contributed by atoms with Crippen molar-refractivity contribution in [2.45, 2.75) is 6.92 Å². The number of para-hydroxylation sites is 2. The Balaban J connectivity index is 1.73. The standard InChI is InChI=1S/C29H19NO/c1-18-11-13-25-23(15-18)24-16-19-12-14-28-29(21-9-5-6-10-27(21)31-28)22(19)17-26(24)30(25)20-7-3-2-4-8-20/h2-17H,1H3. The molecule has 31 heavy (non-hydrogen) atoms. The molecular weight excluding hydrogens is 378 g/mol. The van der Waals surface area contributed by atoms with Crippen molar-refractivity contribution in [2.75, 3.05) is 0 Å². The predicted octanol–water partition coefficient (Wildman–Crippen LogP) is 8.14. The van der Waals surface area contributed by atoms with Gasteiger partial charge in [0.1, 0.15) is 11.2 Å². The summed E-state index contributed by atoms with van der Waals surface area (Å²) in [5.74, 6) is 0. The normalized spacial score (nSPS) is 12.0. The molecule has 7 aromatic rings. The average Bonchev–Trinajstić information content (AvgIpc) is 3.33. The minimum absolute atomic E-state index is 0.935. The van der Waals surface area contributed by atoms with Gasteiger partial charge in [-0.05, 0) is 66.2 Å². The van der Waals surface area contributed by atoms with Crippen molar-refractivity contribution < 1.29 is 4.42 Å². The van der Waals surface area contributed by atoms with Gasteiger partial charge in [-0.15, -0.1) is 0 Å². The molecule has 0 saturated carbocycles. The molecule has 0 fully saturated rings. The molecule has 0 bridgehead atoms. The Hall–Kier alpha value is -4.04. The minimum Gasteiger partial charge on any atom is -0.456 e. The van der Waals surface area contributed by atoms with E-state index in [0.29, 0.717) is 0 Å². The summed E-state index contributed by atoms with van der Waals surface area (Å²) in [6, 6.07) is 34.6. The van der Waals surface area contributed by atoms with Gasteiger partial charge in [0, 0.05) is 27.2 Å². The van der Waals surface area contributed by atoms with Crippen LogP contribution in [-0.2, 0) is 0 Å². The van der Waals surface area contributed by atoms with Crippen LogP contribution in [0.3, 0.4) is 0 Å². The van der Waals surface area contributed by atoms with Crippen LogP contribution in [-0.4, -0.2) is 4.57 Å². The number of fused-ring (bicyclic) bond motifs is 8. The summed E-state index contributed by atoms with van der Waals surface area (Å²) < 4.78 is 8.53. The molecule has 2 heterocycles. The summed E-state index contributed by atoms with van der Waals surface area (Å²) >= 11 is 0. The second kappa shape index (κ2) is 5.99. The Morgan fingerprint density at radius 1 is 0.581 bits per heavy atom. The maximum atomic E-state index is 6.16. The molecule has 0 unspecified atom stereocenters. The Bertz CT molecular complexity index is 1780. The molecule has 0 aliphatic rings. The summed E-state index contributed by atoms with van der Waals surface area (Å²) in [5.41, 5.74) is 6.77. The molecule has 0 amide bonds. The van der Waals surface area contributed by atoms with Crippen LogP contribution in [0, 0.1) is 6.92 Å². The summed E-state index contributed by atoms with van der Waals surface area (Å²) in [5, 5.41) is 7.39. The van der Waals surface area contributed by atoms with Gasteiger partial charge >= 0.3 is 0 Å². The first kappa shape index (κ1) is 16.7. The van der Waals surface area contributed by atoms with Crippen LogP contribution in [0.5, 0.6) is 0 Å². The van der Waals surface area contributed by atoms with Gasteiger partial charge < -0.3 is 8.98 Å². The third-order valence-corrected chi connectivity index (χ3v) is 6.41. The Morgan fingerprint density at radius 3 is 2.29 bits per heavy atom. The molecule has 0 radical (unpaired) electrons. The van der Waals surface area contributed by atoms with Crippen LogP contribution < -0.4 is 0 Å². The fourth-order valence-corrected chi connectivity index (χ4v) is 5.03. The quantitative estimate of drug-likeness (QED) is 0.273. The molecule has 0 N–H and O–H groups in total. The van der Waals surface area contributed by atoms with Gasteiger partial charge in [0.25, 0.3) is 0 Å². The first-order valence-electron chi connectivity index (χ1n) is 10.6. The highest BCUT2D eigenvalue weighted by Crippen LogP contribution is 2.39. The van der Waals surface area contributed by atoms with Crippen molar-refractivity contribution in [3.8, 4) is 5.69 Å². The summed E-state index contributed by atoms with van der Waals surface area (Å²) in [7, 11) is 0. The van der Waals surface area contributed by atoms with E-state index in [0.717, 1.165) is 11.2 Å². The molecule has 2 aromatic heterocycles. The van der Waals surface area contributed by atoms with Gasteiger partial charge in [-0.25, -0.2) is 0 Å². The van der Waals surface area contributed by atoms with E-state index in [1.54, 1.807) is 0 Å². The number of hydrogen-bond acceptors (Lipinski definition) is 1. The molecule has 5 aromatic carbocycles. The Labute approximate surface area is 178 Å². The van der Waals surface area contributed by atoms with Crippen LogP contribution in [0.2, 0.25) is 0 Å². The van der Waals surface area contributed by atoms with Crippen molar-refractivity contribution >= 4 is 54.5 Å². The van der Waals surface area contributed by atoms with Gasteiger partial charge in [0.05, 0.1) is 11.0 Å². The van der Waals surface area contributed by atoms with Gasteiger partial charge in [-0.3, -0.25) is 0 Å². The number of aromatic nitrogens is 1. The maximum Gasteiger partial charge on any atom is 0.136 e. The van der Waals surface area contributed by atoms with E-state index in [-0.39, 0.29) is 0 Å². The van der Waals surface area contributed by atoms with Crippen LogP contribution >= 0.6 is 0 Å². The fraction of sp³-hybridized carbons (Fsp3) is 0.0345. The topological polar surface area (TPSA) is 18.1 Å². The molecule has 7 rings (SSSR count). The lowest BCUT2D eigenvalue weighted by Crippen LogP contribution is -1.93. The second-order valence-corrected chi connectivity index (χ2v) is 8.32. The number of aryl methyl sites for hydroxylation is 1. The van der Waals surface area contributed by atoms with E-state index >= 15 is 0 Å². The number of hydrogen-bond donors (Lipinski definition) is 0. The molecular formula is C29H19NO. The number of benzene rings is 5. The maximum absolute atomic E-state index is 6.16. The first-order valence-corrected chi connectivity index (χ1v) is 10.6. The lowest BCUT2D eigenvalue weighted by Gasteiger charge is -2.08. The summed E-state index contributed by atoms with van der Waals surface area (Å²) in [6.07, 6.45) is 0. The second-order valence-electron chi connectivity index (χ2n) is 8.32. The third-order valence-electron chi connectivity index (χ3n) is 6.41. The van der Waals surface area contributed by atoms with Gasteiger partial charge in [0.2, 0.25) is 0 Å². The van der Waals surface area contributed by atoms with Gasteiger partial charge in [-0.2, -0.15) is 0 Å². The zero-order valence-electron chi connectivity index (χ0n) is 17.1. The average molecular weight is 397 g/mol. The molecule has 0 aliphatic carbocycles. The van der Waals surface area contributed by atoms with E-state index in [1.165, 1.54) is 54.6 Å². The molecule has 2 heteroatoms. The van der Waals surface area contributed by atoms with Crippen LogP contribution in [0.1, 0.15) is 5.56 Å². The zero-order valence-corrected chi connectivity index (χ0v) is 17.1. The van der Waals surface area contributed by atoms with E-state index in [1.807, 2.05) is 12.1 Å². The predicted molar refractivity (Wildman–Crippen MR) is 130 cm³/mol. The Kier molecular flexibility index (Phi) is 3.23. The molecule has 0 aliphatic heterocycles. The van der Waals surface area contributed by atoms with Crippen LogP contribution in [0.15, 0.2) is 101 Å². The zero-order chi connectivity index (χ0) is 20.5. The van der Waals surface area contributed by atoms with Gasteiger partial charge in [-0.1, -0.05) is 54.1 Å². The summed E-state index contributed by atoms with van der Waals surface area (Å²) in [6.45, 7) is 2.16. The van der Waals surface area contributed by atoms with E-state index in [2.05, 4.69) is 96.4 Å². The van der Waals surface area contributed by atoms with Gasteiger partial charge in [0.15, 0.2) is 0 Å². The molecule has 0 atom stereocenters. The van der Waals surface area contributed by atoms with Crippen molar-refractivity contribution in [3.63, 3.8) is 0 Å². The van der Waals surface area contributed by atoms with E-state index < -0.39 is 0 Å². The fourth-order valence-electron chi connectivity index (χ4n) is 5.03. The minimum atomic E-state index is 0.935. The number of nitrogens with zero attached hydrogens (tertiary/aromatic N) is 1. The van der Waals surface area contributed by atoms with E-state index in [4.69, 9.17) is 4.42 Å². The van der Waals surface area contributed by atoms with Crippen LogP contribution in [0.25, 0.3) is 60.2 Å². The number of rotatable bonds is 1. The molecule has 2 nitrogen and oxygen atoms in total. The lowest BCUT2D eigenvalue weighted by atomic mass is 10.0. The van der Waals surface area contributed by atoms with Crippen molar-refractivity contribution in [2.24, 2.45) is 0 Å². The summed E-state index contributed by atoms with van der Waals surface area (Å²) in [4.78, 5) is 0. The Morgan fingerprint density at radius 2 is 1.39 bits per heavy atom. The van der Waals surface area contributed by atoms with Crippen molar-refractivity contribution in [1.82, 2.24) is 4.57 Å². The van der Waals surface area contributed by atoms with E-state index in [9.17, 15) is 0 Å². The first-order chi connectivity index (χ1) is 15.3. The molecule has 146 valence electrons. The highest BCUT2D eigenvalue weighted by Gasteiger charge is 2.16. The highest BCUT2D eigenvalue weighted by atomic mass is 16.3. The van der Waals surface area contributed by atoms with Crippen LogP contribution in [0.4, 0.5) is 0 Å². The third kappa shape index (κ3) is 2.27. The van der Waals surface area contributed by atoms with Crippen molar-refractivity contribution in [3.05, 3.63) is 103 Å². The number of furan rings is 1. The monoisotopic (exact) mass is 397 g/mol. The molecule has 0 saturated heterocycles. The smallest absolute Gasteiger partial charge is 0.136 e.